The van der Waals surface area contributed by atoms with E-state index in [0.29, 0.717) is 6.61 Å². The number of ether oxygens (including phenoxy) is 1. The quantitative estimate of drug-likeness (QED) is 0.864. The third kappa shape index (κ3) is 3.71. The smallest absolute Gasteiger partial charge is 0.240 e. The number of hydrogen-bond acceptors (Lipinski definition) is 3. The topological polar surface area (TPSA) is 55.4 Å². The lowest BCUT2D eigenvalue weighted by Crippen LogP contribution is -2.32. The van der Waals surface area contributed by atoms with Crippen LogP contribution in [0.1, 0.15) is 32.8 Å². The molecular formula is C13H21NO3S. The van der Waals surface area contributed by atoms with Crippen molar-refractivity contribution in [2.24, 2.45) is 0 Å². The average Bonchev–Trinajstić information content (AvgIpc) is 2.31. The van der Waals surface area contributed by atoms with E-state index in [1.54, 1.807) is 18.2 Å². The van der Waals surface area contributed by atoms with Crippen LogP contribution in [-0.2, 0) is 10.0 Å². The van der Waals surface area contributed by atoms with Crippen LogP contribution >= 0.6 is 0 Å². The second-order valence-electron chi connectivity index (χ2n) is 4.29. The minimum absolute atomic E-state index is 0.0677. The Morgan fingerprint density at radius 2 is 2.00 bits per heavy atom. The first-order valence-electron chi connectivity index (χ1n) is 6.16. The van der Waals surface area contributed by atoms with E-state index in [1.807, 2.05) is 27.7 Å². The Morgan fingerprint density at radius 1 is 1.33 bits per heavy atom. The van der Waals surface area contributed by atoms with Crippen molar-refractivity contribution in [3.63, 3.8) is 0 Å². The predicted octanol–water partition coefficient (Wildman–Crippen LogP) is 2.47. The van der Waals surface area contributed by atoms with Gasteiger partial charge in [-0.25, -0.2) is 13.1 Å². The van der Waals surface area contributed by atoms with Gasteiger partial charge < -0.3 is 4.74 Å². The molecule has 0 saturated carbocycles. The Bertz CT molecular complexity index is 497. The van der Waals surface area contributed by atoms with Crippen LogP contribution in [0.25, 0.3) is 0 Å². The Labute approximate surface area is 109 Å². The van der Waals surface area contributed by atoms with Gasteiger partial charge in [0, 0.05) is 6.04 Å². The maximum absolute atomic E-state index is 12.1. The fourth-order valence-electron chi connectivity index (χ4n) is 1.52. The Kier molecular flexibility index (Phi) is 5.16. The van der Waals surface area contributed by atoms with Gasteiger partial charge in [-0.2, -0.15) is 0 Å². The molecule has 102 valence electrons. The molecule has 18 heavy (non-hydrogen) atoms. The monoisotopic (exact) mass is 271 g/mol. The molecule has 0 radical (unpaired) electrons. The van der Waals surface area contributed by atoms with Crippen LogP contribution in [0.2, 0.25) is 0 Å². The zero-order valence-corrected chi connectivity index (χ0v) is 12.2. The van der Waals surface area contributed by atoms with E-state index in [0.717, 1.165) is 17.7 Å². The molecule has 0 bridgehead atoms. The molecule has 1 aromatic carbocycles. The van der Waals surface area contributed by atoms with Crippen molar-refractivity contribution in [1.29, 1.82) is 0 Å². The number of benzene rings is 1. The number of rotatable bonds is 6. The molecule has 1 rings (SSSR count). The molecule has 1 aromatic rings. The van der Waals surface area contributed by atoms with Crippen LogP contribution < -0.4 is 9.46 Å². The lowest BCUT2D eigenvalue weighted by Gasteiger charge is -2.13. The summed E-state index contributed by atoms with van der Waals surface area (Å²) in [4.78, 5) is 0.281. The minimum Gasteiger partial charge on any atom is -0.494 e. The van der Waals surface area contributed by atoms with E-state index < -0.39 is 10.0 Å². The predicted molar refractivity (Wildman–Crippen MR) is 72.4 cm³/mol. The normalized spacial score (nSPS) is 13.3. The van der Waals surface area contributed by atoms with Crippen molar-refractivity contribution in [1.82, 2.24) is 4.72 Å². The SMILES string of the molecule is CCOc1ccc(S(=O)(=O)N[C@@H](C)CC)cc1C. The van der Waals surface area contributed by atoms with E-state index in [4.69, 9.17) is 4.74 Å². The summed E-state index contributed by atoms with van der Waals surface area (Å²) >= 11 is 0. The summed E-state index contributed by atoms with van der Waals surface area (Å²) in [7, 11) is -3.43. The molecular weight excluding hydrogens is 250 g/mol. The van der Waals surface area contributed by atoms with Crippen molar-refractivity contribution in [3.8, 4) is 5.75 Å². The highest BCUT2D eigenvalue weighted by Crippen LogP contribution is 2.21. The molecule has 1 N–H and O–H groups in total. The third-order valence-electron chi connectivity index (χ3n) is 2.73. The summed E-state index contributed by atoms with van der Waals surface area (Å²) in [5.74, 6) is 0.722. The molecule has 0 fully saturated rings. The van der Waals surface area contributed by atoms with E-state index in [1.165, 1.54) is 0 Å². The summed E-state index contributed by atoms with van der Waals surface area (Å²) in [6, 6.07) is 4.84. The van der Waals surface area contributed by atoms with Gasteiger partial charge in [0.25, 0.3) is 0 Å². The van der Waals surface area contributed by atoms with Gasteiger partial charge in [0.2, 0.25) is 10.0 Å². The van der Waals surface area contributed by atoms with Crippen molar-refractivity contribution < 1.29 is 13.2 Å². The largest absolute Gasteiger partial charge is 0.494 e. The molecule has 0 spiro atoms. The van der Waals surface area contributed by atoms with Crippen LogP contribution in [0.15, 0.2) is 23.1 Å². The van der Waals surface area contributed by atoms with Crippen LogP contribution in [-0.4, -0.2) is 21.1 Å². The second kappa shape index (κ2) is 6.20. The molecule has 4 nitrogen and oxygen atoms in total. The van der Waals surface area contributed by atoms with E-state index in [2.05, 4.69) is 4.72 Å². The number of sulfonamides is 1. The molecule has 0 aliphatic carbocycles. The average molecular weight is 271 g/mol. The Morgan fingerprint density at radius 3 is 2.50 bits per heavy atom. The number of hydrogen-bond donors (Lipinski definition) is 1. The van der Waals surface area contributed by atoms with Crippen LogP contribution in [0, 0.1) is 6.92 Å². The minimum atomic E-state index is -3.43. The van der Waals surface area contributed by atoms with Gasteiger partial charge in [-0.3, -0.25) is 0 Å². The first-order chi connectivity index (χ1) is 8.40. The fourth-order valence-corrected chi connectivity index (χ4v) is 2.93. The maximum Gasteiger partial charge on any atom is 0.240 e. The zero-order valence-electron chi connectivity index (χ0n) is 11.4. The summed E-state index contributed by atoms with van der Waals surface area (Å²) < 4.78 is 32.2. The Balaban J connectivity index is 3.00. The van der Waals surface area contributed by atoms with Gasteiger partial charge in [0.15, 0.2) is 0 Å². The van der Waals surface area contributed by atoms with Gasteiger partial charge in [-0.1, -0.05) is 6.92 Å². The highest BCUT2D eigenvalue weighted by atomic mass is 32.2. The van der Waals surface area contributed by atoms with Gasteiger partial charge in [0.1, 0.15) is 5.75 Å². The highest BCUT2D eigenvalue weighted by Gasteiger charge is 2.17. The number of nitrogens with one attached hydrogen (secondary N) is 1. The van der Waals surface area contributed by atoms with Crippen molar-refractivity contribution >= 4 is 10.0 Å². The first kappa shape index (κ1) is 15.0. The summed E-state index contributed by atoms with van der Waals surface area (Å²) in [5, 5.41) is 0. The van der Waals surface area contributed by atoms with Crippen molar-refractivity contribution in [3.05, 3.63) is 23.8 Å². The van der Waals surface area contributed by atoms with Gasteiger partial charge in [-0.05, 0) is 51.0 Å². The number of aryl methyl sites for hydroxylation is 1. The standard InChI is InChI=1S/C13H21NO3S/c1-5-11(4)14-18(15,16)12-7-8-13(17-6-2)10(3)9-12/h7-9,11,14H,5-6H2,1-4H3/t11-/m0/s1. The van der Waals surface area contributed by atoms with Crippen LogP contribution in [0.3, 0.4) is 0 Å². The lowest BCUT2D eigenvalue weighted by atomic mass is 10.2. The summed E-state index contributed by atoms with van der Waals surface area (Å²) in [6.45, 7) is 8.09. The Hall–Kier alpha value is -1.07. The molecule has 1 atom stereocenters. The molecule has 0 amide bonds. The molecule has 0 unspecified atom stereocenters. The van der Waals surface area contributed by atoms with Gasteiger partial charge >= 0.3 is 0 Å². The molecule has 0 saturated heterocycles. The van der Waals surface area contributed by atoms with Crippen LogP contribution in [0.4, 0.5) is 0 Å². The maximum atomic E-state index is 12.1. The molecule has 0 aromatic heterocycles. The van der Waals surface area contributed by atoms with E-state index >= 15 is 0 Å². The van der Waals surface area contributed by atoms with E-state index in [-0.39, 0.29) is 10.9 Å². The third-order valence-corrected chi connectivity index (χ3v) is 4.31. The molecule has 5 heteroatoms. The van der Waals surface area contributed by atoms with E-state index in [9.17, 15) is 8.42 Å². The highest BCUT2D eigenvalue weighted by molar-refractivity contribution is 7.89. The van der Waals surface area contributed by atoms with Crippen LogP contribution in [0.5, 0.6) is 5.75 Å². The van der Waals surface area contributed by atoms with Crippen molar-refractivity contribution in [2.45, 2.75) is 45.1 Å². The molecule has 0 aliphatic rings. The second-order valence-corrected chi connectivity index (χ2v) is 6.00. The summed E-state index contributed by atoms with van der Waals surface area (Å²) in [6.07, 6.45) is 0.759. The van der Waals surface area contributed by atoms with Crippen molar-refractivity contribution in [2.75, 3.05) is 6.61 Å². The molecule has 0 aliphatic heterocycles. The van der Waals surface area contributed by atoms with Gasteiger partial charge in [-0.15, -0.1) is 0 Å². The first-order valence-corrected chi connectivity index (χ1v) is 7.64. The lowest BCUT2D eigenvalue weighted by molar-refractivity contribution is 0.337. The fraction of sp³-hybridized carbons (Fsp3) is 0.538. The van der Waals surface area contributed by atoms with Gasteiger partial charge in [0.05, 0.1) is 11.5 Å². The molecule has 0 heterocycles. The zero-order chi connectivity index (χ0) is 13.8. The summed E-state index contributed by atoms with van der Waals surface area (Å²) in [5.41, 5.74) is 0.823.